The molecule has 0 aliphatic carbocycles. The molecule has 1 saturated heterocycles. The largest absolute Gasteiger partial charge is 0.494 e. The van der Waals surface area contributed by atoms with Gasteiger partial charge in [0.1, 0.15) is 5.75 Å². The number of ether oxygens (including phenoxy) is 2. The molecule has 0 unspecified atom stereocenters. The highest BCUT2D eigenvalue weighted by Gasteiger charge is 2.10. The van der Waals surface area contributed by atoms with Crippen LogP contribution in [0, 0.1) is 0 Å². The first-order valence-corrected chi connectivity index (χ1v) is 8.02. The molecule has 1 N–H and O–H groups in total. The van der Waals surface area contributed by atoms with Crippen LogP contribution in [0.25, 0.3) is 0 Å². The molecule has 0 bridgehead atoms. The highest BCUT2D eigenvalue weighted by molar-refractivity contribution is 5.27. The minimum absolute atomic E-state index is 0.748. The predicted octanol–water partition coefficient (Wildman–Crippen LogP) is 2.29. The van der Waals surface area contributed by atoms with Crippen molar-refractivity contribution in [3.63, 3.8) is 0 Å². The van der Waals surface area contributed by atoms with E-state index < -0.39 is 0 Å². The van der Waals surface area contributed by atoms with Gasteiger partial charge in [0.2, 0.25) is 0 Å². The summed E-state index contributed by atoms with van der Waals surface area (Å²) in [6, 6.07) is 8.36. The zero-order chi connectivity index (χ0) is 14.8. The molecule has 0 saturated carbocycles. The Morgan fingerprint density at radius 1 is 1.10 bits per heavy atom. The van der Waals surface area contributed by atoms with Gasteiger partial charge < -0.3 is 19.7 Å². The fourth-order valence-corrected chi connectivity index (χ4v) is 2.59. The van der Waals surface area contributed by atoms with Gasteiger partial charge in [-0.1, -0.05) is 12.1 Å². The SMILES string of the molecule is COCCNCc1ccc(OCCCN2CCCC2)cc1. The molecule has 2 rings (SSSR count). The summed E-state index contributed by atoms with van der Waals surface area (Å²) in [4.78, 5) is 2.53. The van der Waals surface area contributed by atoms with Crippen molar-refractivity contribution in [2.45, 2.75) is 25.8 Å². The maximum Gasteiger partial charge on any atom is 0.119 e. The molecule has 0 spiro atoms. The fraction of sp³-hybridized carbons (Fsp3) is 0.647. The Balaban J connectivity index is 1.58. The van der Waals surface area contributed by atoms with Crippen molar-refractivity contribution in [1.29, 1.82) is 0 Å². The number of likely N-dealkylation sites (tertiary alicyclic amines) is 1. The second-order valence-corrected chi connectivity index (χ2v) is 5.56. The molecule has 0 atom stereocenters. The average Bonchev–Trinajstić information content (AvgIpc) is 3.03. The lowest BCUT2D eigenvalue weighted by molar-refractivity contribution is 0.199. The van der Waals surface area contributed by atoms with Gasteiger partial charge in [0.05, 0.1) is 13.2 Å². The first-order chi connectivity index (χ1) is 10.4. The second kappa shape index (κ2) is 9.77. The summed E-state index contributed by atoms with van der Waals surface area (Å²) < 4.78 is 10.8. The van der Waals surface area contributed by atoms with Gasteiger partial charge in [-0.3, -0.25) is 0 Å². The van der Waals surface area contributed by atoms with E-state index in [0.717, 1.165) is 38.5 Å². The van der Waals surface area contributed by atoms with E-state index in [1.807, 2.05) is 0 Å². The van der Waals surface area contributed by atoms with Gasteiger partial charge in [0.15, 0.2) is 0 Å². The summed E-state index contributed by atoms with van der Waals surface area (Å²) in [5.74, 6) is 0.970. The van der Waals surface area contributed by atoms with Crippen molar-refractivity contribution in [2.24, 2.45) is 0 Å². The first-order valence-electron chi connectivity index (χ1n) is 8.02. The van der Waals surface area contributed by atoms with Gasteiger partial charge in [0.25, 0.3) is 0 Å². The number of nitrogens with one attached hydrogen (secondary N) is 1. The number of hydrogen-bond acceptors (Lipinski definition) is 4. The molecule has 1 aliphatic rings. The Hall–Kier alpha value is -1.10. The number of rotatable bonds is 10. The Kier molecular flexibility index (Phi) is 7.57. The molecule has 4 heteroatoms. The highest BCUT2D eigenvalue weighted by atomic mass is 16.5. The Labute approximate surface area is 128 Å². The van der Waals surface area contributed by atoms with Crippen molar-refractivity contribution in [1.82, 2.24) is 10.2 Å². The maximum absolute atomic E-state index is 5.80. The van der Waals surface area contributed by atoms with Crippen LogP contribution in [0.4, 0.5) is 0 Å². The van der Waals surface area contributed by atoms with E-state index in [2.05, 4.69) is 34.5 Å². The second-order valence-electron chi connectivity index (χ2n) is 5.56. The quantitative estimate of drug-likeness (QED) is 0.671. The molecule has 1 fully saturated rings. The summed E-state index contributed by atoms with van der Waals surface area (Å²) in [7, 11) is 1.72. The third kappa shape index (κ3) is 6.46. The van der Waals surface area contributed by atoms with Gasteiger partial charge in [-0.2, -0.15) is 0 Å². The van der Waals surface area contributed by atoms with Crippen LogP contribution < -0.4 is 10.1 Å². The number of nitrogens with zero attached hydrogens (tertiary/aromatic N) is 1. The lowest BCUT2D eigenvalue weighted by atomic mass is 10.2. The van der Waals surface area contributed by atoms with E-state index in [-0.39, 0.29) is 0 Å². The highest BCUT2D eigenvalue weighted by Crippen LogP contribution is 2.13. The monoisotopic (exact) mass is 292 g/mol. The molecule has 21 heavy (non-hydrogen) atoms. The van der Waals surface area contributed by atoms with Crippen LogP contribution in [0.1, 0.15) is 24.8 Å². The van der Waals surface area contributed by atoms with E-state index in [1.54, 1.807) is 7.11 Å². The van der Waals surface area contributed by atoms with Crippen molar-refractivity contribution < 1.29 is 9.47 Å². The zero-order valence-corrected chi connectivity index (χ0v) is 13.1. The number of methoxy groups -OCH3 is 1. The smallest absolute Gasteiger partial charge is 0.119 e. The van der Waals surface area contributed by atoms with E-state index >= 15 is 0 Å². The van der Waals surface area contributed by atoms with E-state index in [0.29, 0.717) is 0 Å². The van der Waals surface area contributed by atoms with Crippen LogP contribution in [-0.2, 0) is 11.3 Å². The first kappa shape index (κ1) is 16.3. The zero-order valence-electron chi connectivity index (χ0n) is 13.1. The molecule has 1 heterocycles. The molecule has 0 radical (unpaired) electrons. The molecule has 0 aromatic heterocycles. The molecule has 1 aromatic rings. The molecule has 4 nitrogen and oxygen atoms in total. The van der Waals surface area contributed by atoms with E-state index in [4.69, 9.17) is 9.47 Å². The molecule has 1 aliphatic heterocycles. The molecular weight excluding hydrogens is 264 g/mol. The van der Waals surface area contributed by atoms with Gasteiger partial charge in [-0.05, 0) is 50.0 Å². The Morgan fingerprint density at radius 2 is 1.86 bits per heavy atom. The van der Waals surface area contributed by atoms with Crippen LogP contribution in [0.2, 0.25) is 0 Å². The van der Waals surface area contributed by atoms with Gasteiger partial charge in [-0.15, -0.1) is 0 Å². The lowest BCUT2D eigenvalue weighted by Crippen LogP contribution is -2.21. The minimum Gasteiger partial charge on any atom is -0.494 e. The summed E-state index contributed by atoms with van der Waals surface area (Å²) in [5.41, 5.74) is 1.27. The van der Waals surface area contributed by atoms with Gasteiger partial charge in [0, 0.05) is 26.7 Å². The van der Waals surface area contributed by atoms with Crippen LogP contribution >= 0.6 is 0 Å². The third-order valence-corrected chi connectivity index (χ3v) is 3.82. The third-order valence-electron chi connectivity index (χ3n) is 3.82. The van der Waals surface area contributed by atoms with Crippen LogP contribution in [0.5, 0.6) is 5.75 Å². The molecule has 0 amide bonds. The maximum atomic E-state index is 5.80. The normalized spacial score (nSPS) is 15.5. The van der Waals surface area contributed by atoms with E-state index in [9.17, 15) is 0 Å². The molecular formula is C17H28N2O2. The van der Waals surface area contributed by atoms with Crippen molar-refractivity contribution in [3.8, 4) is 5.75 Å². The average molecular weight is 292 g/mol. The number of hydrogen-bond donors (Lipinski definition) is 1. The summed E-state index contributed by atoms with van der Waals surface area (Å²) in [5, 5.41) is 3.33. The minimum atomic E-state index is 0.748. The molecule has 118 valence electrons. The van der Waals surface area contributed by atoms with Crippen LogP contribution in [-0.4, -0.2) is 51.4 Å². The van der Waals surface area contributed by atoms with Crippen molar-refractivity contribution >= 4 is 0 Å². The van der Waals surface area contributed by atoms with Crippen molar-refractivity contribution in [2.75, 3.05) is 46.5 Å². The van der Waals surface area contributed by atoms with Gasteiger partial charge >= 0.3 is 0 Å². The molecule has 1 aromatic carbocycles. The lowest BCUT2D eigenvalue weighted by Gasteiger charge is -2.14. The Morgan fingerprint density at radius 3 is 2.57 bits per heavy atom. The number of benzene rings is 1. The Bertz CT molecular complexity index is 375. The topological polar surface area (TPSA) is 33.7 Å². The standard InChI is InChI=1S/C17H28N2O2/c1-20-14-9-18-15-16-5-7-17(8-6-16)21-13-4-12-19-10-2-3-11-19/h5-8,18H,2-4,9-15H2,1H3. The fourth-order valence-electron chi connectivity index (χ4n) is 2.59. The summed E-state index contributed by atoms with van der Waals surface area (Å²) in [6.45, 7) is 7.01. The van der Waals surface area contributed by atoms with Gasteiger partial charge in [-0.25, -0.2) is 0 Å². The summed E-state index contributed by atoms with van der Waals surface area (Å²) in [6.07, 6.45) is 3.84. The van der Waals surface area contributed by atoms with Crippen LogP contribution in [0.15, 0.2) is 24.3 Å². The summed E-state index contributed by atoms with van der Waals surface area (Å²) >= 11 is 0. The van der Waals surface area contributed by atoms with Crippen molar-refractivity contribution in [3.05, 3.63) is 29.8 Å². The van der Waals surface area contributed by atoms with E-state index in [1.165, 1.54) is 38.0 Å². The van der Waals surface area contributed by atoms with Crippen LogP contribution in [0.3, 0.4) is 0 Å². The predicted molar refractivity (Wildman–Crippen MR) is 85.8 cm³/mol.